The monoisotopic (exact) mass is 346 g/mol. The van der Waals surface area contributed by atoms with Crippen LogP contribution in [0.3, 0.4) is 0 Å². The Morgan fingerprint density at radius 2 is 1.74 bits per heavy atom. The molecule has 0 aromatic heterocycles. The topological polar surface area (TPSA) is 166 Å². The van der Waals surface area contributed by atoms with Crippen molar-refractivity contribution in [1.29, 1.82) is 0 Å². The number of primary amides is 1. The molecule has 2 atom stereocenters. The number of nitrogens with one attached hydrogen (secondary N) is 2. The van der Waals surface area contributed by atoms with Crippen molar-refractivity contribution >= 4 is 36.3 Å². The zero-order chi connectivity index (χ0) is 18.0. The molecule has 0 spiro atoms. The minimum Gasteiger partial charge on any atom is -0.370 e. The molecule has 0 saturated carbocycles. The predicted octanol–water partition coefficient (Wildman–Crippen LogP) is -1.92. The Bertz CT molecular complexity index is 451. The van der Waals surface area contributed by atoms with Crippen LogP contribution in [0.2, 0.25) is 0 Å². The Morgan fingerprint density at radius 1 is 1.13 bits per heavy atom. The van der Waals surface area contributed by atoms with Crippen molar-refractivity contribution in [2.75, 3.05) is 12.3 Å². The molecule has 0 bridgehead atoms. The van der Waals surface area contributed by atoms with Gasteiger partial charge in [-0.25, -0.2) is 0 Å². The molecule has 0 aromatic carbocycles. The molecule has 10 heteroatoms. The van der Waals surface area contributed by atoms with Gasteiger partial charge in [0.1, 0.15) is 12.1 Å². The van der Waals surface area contributed by atoms with E-state index in [0.29, 0.717) is 19.4 Å². The highest BCUT2D eigenvalue weighted by Crippen LogP contribution is 2.05. The fraction of sp³-hybridized carbons (Fsp3) is 0.692. The smallest absolute Gasteiger partial charge is 0.243 e. The van der Waals surface area contributed by atoms with E-state index in [4.69, 9.17) is 17.2 Å². The molecule has 0 radical (unpaired) electrons. The molecule has 9 nitrogen and oxygen atoms in total. The zero-order valence-corrected chi connectivity index (χ0v) is 14.3. The molecule has 23 heavy (non-hydrogen) atoms. The van der Waals surface area contributed by atoms with Crippen LogP contribution in [0.15, 0.2) is 4.99 Å². The molecular weight excluding hydrogens is 320 g/mol. The minimum atomic E-state index is -0.856. The molecular formula is C13H26N6O3S. The minimum absolute atomic E-state index is 0.0335. The first-order valence-corrected chi connectivity index (χ1v) is 7.87. The number of aliphatic imine (C=N–C) groups is 1. The Morgan fingerprint density at radius 3 is 2.17 bits per heavy atom. The zero-order valence-electron chi connectivity index (χ0n) is 13.4. The lowest BCUT2D eigenvalue weighted by Crippen LogP contribution is -2.55. The molecule has 0 unspecified atom stereocenters. The number of carbonyl (C=O) groups excluding carboxylic acids is 3. The highest BCUT2D eigenvalue weighted by Gasteiger charge is 2.27. The van der Waals surface area contributed by atoms with Gasteiger partial charge in [-0.2, -0.15) is 12.6 Å². The Hall–Kier alpha value is -1.97. The fourth-order valence-electron chi connectivity index (χ4n) is 1.80. The number of hydrogen-bond donors (Lipinski definition) is 6. The number of rotatable bonds is 10. The van der Waals surface area contributed by atoms with Crippen LogP contribution < -0.4 is 27.8 Å². The summed E-state index contributed by atoms with van der Waals surface area (Å²) in [4.78, 5) is 38.9. The maximum Gasteiger partial charge on any atom is 0.243 e. The van der Waals surface area contributed by atoms with Crippen molar-refractivity contribution in [3.8, 4) is 0 Å². The van der Waals surface area contributed by atoms with Gasteiger partial charge < -0.3 is 27.8 Å². The van der Waals surface area contributed by atoms with Crippen molar-refractivity contribution in [3.63, 3.8) is 0 Å². The van der Waals surface area contributed by atoms with E-state index in [9.17, 15) is 14.4 Å². The lowest BCUT2D eigenvalue weighted by Gasteiger charge is -2.24. The van der Waals surface area contributed by atoms with Crippen molar-refractivity contribution in [2.24, 2.45) is 28.1 Å². The summed E-state index contributed by atoms with van der Waals surface area (Å²) >= 11 is 3.85. The van der Waals surface area contributed by atoms with Crippen LogP contribution in [-0.4, -0.2) is 48.1 Å². The third kappa shape index (κ3) is 8.91. The van der Waals surface area contributed by atoms with Crippen LogP contribution >= 0.6 is 12.6 Å². The van der Waals surface area contributed by atoms with E-state index in [-0.39, 0.29) is 23.5 Å². The lowest BCUT2D eigenvalue weighted by atomic mass is 10.0. The summed E-state index contributed by atoms with van der Waals surface area (Å²) in [6.07, 6.45) is 0.768. The third-order valence-corrected chi connectivity index (χ3v) is 3.30. The van der Waals surface area contributed by atoms with Crippen molar-refractivity contribution in [3.05, 3.63) is 0 Å². The summed E-state index contributed by atoms with van der Waals surface area (Å²) in [7, 11) is 0. The van der Waals surface area contributed by atoms with Gasteiger partial charge in [-0.15, -0.1) is 0 Å². The Balaban J connectivity index is 4.70. The third-order valence-electron chi connectivity index (χ3n) is 3.01. The summed E-state index contributed by atoms with van der Waals surface area (Å²) in [5.41, 5.74) is 15.7. The maximum atomic E-state index is 12.3. The van der Waals surface area contributed by atoms with E-state index >= 15 is 0 Å². The van der Waals surface area contributed by atoms with E-state index in [0.717, 1.165) is 0 Å². The highest BCUT2D eigenvalue weighted by molar-refractivity contribution is 7.81. The van der Waals surface area contributed by atoms with E-state index in [1.807, 2.05) is 0 Å². The molecule has 132 valence electrons. The number of nitrogens with two attached hydrogens (primary N) is 3. The number of hydrogen-bond acceptors (Lipinski definition) is 5. The summed E-state index contributed by atoms with van der Waals surface area (Å²) in [6, 6.07) is -1.62. The van der Waals surface area contributed by atoms with Gasteiger partial charge >= 0.3 is 0 Å². The van der Waals surface area contributed by atoms with E-state index in [1.165, 1.54) is 0 Å². The first kappa shape index (κ1) is 21.0. The SMILES string of the molecule is CC(C)[C@H](NC(=O)CS)C(=O)N[C@@H](CCCN=C(N)N)C(N)=O. The van der Waals surface area contributed by atoms with Crippen molar-refractivity contribution < 1.29 is 14.4 Å². The van der Waals surface area contributed by atoms with E-state index in [1.54, 1.807) is 13.8 Å². The summed E-state index contributed by atoms with van der Waals surface area (Å²) in [5, 5.41) is 5.11. The van der Waals surface area contributed by atoms with Gasteiger partial charge in [0.05, 0.1) is 5.75 Å². The summed E-state index contributed by atoms with van der Waals surface area (Å²) in [5.74, 6) is -1.74. The first-order valence-electron chi connectivity index (χ1n) is 7.24. The van der Waals surface area contributed by atoms with Crippen LogP contribution in [0.4, 0.5) is 0 Å². The van der Waals surface area contributed by atoms with Crippen LogP contribution in [0, 0.1) is 5.92 Å². The highest BCUT2D eigenvalue weighted by atomic mass is 32.1. The van der Waals surface area contributed by atoms with Gasteiger partial charge in [0.15, 0.2) is 5.96 Å². The summed E-state index contributed by atoms with van der Waals surface area (Å²) in [6.45, 7) is 3.88. The molecule has 0 fully saturated rings. The average molecular weight is 346 g/mol. The molecule has 0 aliphatic heterocycles. The number of thiol groups is 1. The molecule has 0 aromatic rings. The van der Waals surface area contributed by atoms with Gasteiger partial charge in [0.2, 0.25) is 17.7 Å². The summed E-state index contributed by atoms with van der Waals surface area (Å²) < 4.78 is 0. The second kappa shape index (κ2) is 10.7. The largest absolute Gasteiger partial charge is 0.370 e. The van der Waals surface area contributed by atoms with E-state index < -0.39 is 23.9 Å². The second-order valence-electron chi connectivity index (χ2n) is 5.36. The number of guanidine groups is 1. The van der Waals surface area contributed by atoms with E-state index in [2.05, 4.69) is 28.3 Å². The molecule has 0 heterocycles. The Labute approximate surface area is 141 Å². The van der Waals surface area contributed by atoms with Gasteiger partial charge in [-0.1, -0.05) is 13.8 Å². The molecule has 0 saturated heterocycles. The molecule has 8 N–H and O–H groups in total. The number of carbonyl (C=O) groups is 3. The quantitative estimate of drug-likeness (QED) is 0.117. The van der Waals surface area contributed by atoms with Gasteiger partial charge in [0.25, 0.3) is 0 Å². The standard InChI is InChI=1S/C13H26N6O3S/c1-7(2)10(19-9(20)6-23)12(22)18-8(11(14)21)4-3-5-17-13(15)16/h7-8,10,23H,3-6H2,1-2H3,(H2,14,21)(H,18,22)(H,19,20)(H4,15,16,17)/t8-,10-/m0/s1. The van der Waals surface area contributed by atoms with Crippen LogP contribution in [0.5, 0.6) is 0 Å². The number of nitrogens with zero attached hydrogens (tertiary/aromatic N) is 1. The number of amides is 3. The molecule has 3 amide bonds. The van der Waals surface area contributed by atoms with Crippen LogP contribution in [-0.2, 0) is 14.4 Å². The van der Waals surface area contributed by atoms with Crippen LogP contribution in [0.1, 0.15) is 26.7 Å². The Kier molecular flexibility index (Phi) is 9.79. The molecule has 0 rings (SSSR count). The van der Waals surface area contributed by atoms with Gasteiger partial charge in [-0.05, 0) is 18.8 Å². The normalized spacial score (nSPS) is 13.0. The molecule has 0 aliphatic carbocycles. The van der Waals surface area contributed by atoms with Crippen molar-refractivity contribution in [2.45, 2.75) is 38.8 Å². The second-order valence-corrected chi connectivity index (χ2v) is 5.68. The van der Waals surface area contributed by atoms with Gasteiger partial charge in [-0.3, -0.25) is 19.4 Å². The van der Waals surface area contributed by atoms with Gasteiger partial charge in [0, 0.05) is 6.54 Å². The van der Waals surface area contributed by atoms with Crippen molar-refractivity contribution in [1.82, 2.24) is 10.6 Å². The maximum absolute atomic E-state index is 12.3. The average Bonchev–Trinajstić information content (AvgIpc) is 2.46. The van der Waals surface area contributed by atoms with Crippen LogP contribution in [0.25, 0.3) is 0 Å². The predicted molar refractivity (Wildman–Crippen MR) is 91.7 cm³/mol. The lowest BCUT2D eigenvalue weighted by molar-refractivity contribution is -0.131. The molecule has 0 aliphatic rings. The first-order chi connectivity index (χ1) is 10.7. The fourth-order valence-corrected chi connectivity index (χ4v) is 1.90.